The fourth-order valence-electron chi connectivity index (χ4n) is 6.58. The summed E-state index contributed by atoms with van der Waals surface area (Å²) in [5.41, 5.74) is 0. The van der Waals surface area contributed by atoms with E-state index in [9.17, 15) is 9.59 Å². The molecule has 1 unspecified atom stereocenters. The lowest BCUT2D eigenvalue weighted by Crippen LogP contribution is -2.30. The van der Waals surface area contributed by atoms with Crippen molar-refractivity contribution in [3.8, 4) is 0 Å². The molecule has 316 valence electrons. The number of hydrogen-bond acceptors (Lipinski definition) is 7. The van der Waals surface area contributed by atoms with E-state index >= 15 is 0 Å². The molecule has 53 heavy (non-hydrogen) atoms. The minimum Gasteiger partial charge on any atom is -0.463 e. The first-order chi connectivity index (χ1) is 26.1. The second-order valence-corrected chi connectivity index (χ2v) is 15.2. The topological polar surface area (TPSA) is 92.3 Å². The normalized spacial score (nSPS) is 12.0. The Balaban J connectivity index is 4.12. The molecule has 0 rings (SSSR count). The first-order valence-electron chi connectivity index (χ1n) is 22.8. The molecule has 0 saturated heterocycles. The summed E-state index contributed by atoms with van der Waals surface area (Å²) in [4.78, 5) is 24.3. The predicted molar refractivity (Wildman–Crippen MR) is 222 cm³/mol. The van der Waals surface area contributed by atoms with Crippen LogP contribution in [0.1, 0.15) is 213 Å². The van der Waals surface area contributed by atoms with Gasteiger partial charge in [0.25, 0.3) is 0 Å². The van der Waals surface area contributed by atoms with Crippen molar-refractivity contribution in [2.45, 2.75) is 219 Å². The van der Waals surface area contributed by atoms with Crippen LogP contribution in [0.2, 0.25) is 0 Å². The molecule has 1 atom stereocenters. The summed E-state index contributed by atoms with van der Waals surface area (Å²) in [6.07, 6.45) is 38.5. The molecule has 0 radical (unpaired) electrons. The van der Waals surface area contributed by atoms with Gasteiger partial charge in [0.1, 0.15) is 6.61 Å². The van der Waals surface area contributed by atoms with Crippen molar-refractivity contribution >= 4 is 11.9 Å². The third-order valence-electron chi connectivity index (χ3n) is 10.1. The highest BCUT2D eigenvalue weighted by Crippen LogP contribution is 2.15. The molecule has 0 aromatic heterocycles. The van der Waals surface area contributed by atoms with Gasteiger partial charge >= 0.3 is 5.97 Å². The van der Waals surface area contributed by atoms with Crippen molar-refractivity contribution in [3.05, 3.63) is 0 Å². The van der Waals surface area contributed by atoms with E-state index < -0.39 is 0 Å². The molecule has 0 aliphatic carbocycles. The Labute approximate surface area is 328 Å². The average molecular weight is 756 g/mol. The molecule has 0 aliphatic heterocycles. The fraction of sp³-hybridized carbons (Fsp3) is 0.956. The number of nitrogens with one attached hydrogen (secondary N) is 1. The fourth-order valence-corrected chi connectivity index (χ4v) is 6.58. The van der Waals surface area contributed by atoms with Crippen LogP contribution in [0.4, 0.5) is 0 Å². The lowest BCUT2D eigenvalue weighted by molar-refractivity contribution is -0.146. The Kier molecular flexibility index (Phi) is 44.1. The van der Waals surface area contributed by atoms with Crippen molar-refractivity contribution in [3.63, 3.8) is 0 Å². The molecular weight excluding hydrogens is 666 g/mol. The largest absolute Gasteiger partial charge is 0.463 e. The molecule has 0 spiro atoms. The van der Waals surface area contributed by atoms with E-state index in [0.717, 1.165) is 26.1 Å². The van der Waals surface area contributed by atoms with Crippen molar-refractivity contribution in [2.75, 3.05) is 59.9 Å². The number of esters is 1. The summed E-state index contributed by atoms with van der Waals surface area (Å²) in [5, 5.41) is 2.95. The van der Waals surface area contributed by atoms with Crippen LogP contribution < -0.4 is 5.32 Å². The van der Waals surface area contributed by atoms with Gasteiger partial charge in [-0.25, -0.2) is 0 Å². The van der Waals surface area contributed by atoms with Gasteiger partial charge in [-0.1, -0.05) is 181 Å². The number of hydrogen-bond donors (Lipinski definition) is 1. The monoisotopic (exact) mass is 756 g/mol. The lowest BCUT2D eigenvalue weighted by atomic mass is 10.0. The molecule has 8 nitrogen and oxygen atoms in total. The van der Waals surface area contributed by atoms with Gasteiger partial charge in [-0.05, 0) is 19.3 Å². The second kappa shape index (κ2) is 45.2. The number of ether oxygens (including phenoxy) is 5. The summed E-state index contributed by atoms with van der Waals surface area (Å²) in [6, 6.07) is 0. The van der Waals surface area contributed by atoms with E-state index in [1.54, 1.807) is 7.11 Å². The SMILES string of the molecule is CCCCCCCCCCCCCCCCOCC(CCNC(=O)CCC(=O)OCCOCCOC)OCCCCCCCCCCCCCCCC. The van der Waals surface area contributed by atoms with Gasteiger partial charge in [0.05, 0.1) is 39.0 Å². The minimum absolute atomic E-state index is 0.0352. The van der Waals surface area contributed by atoms with Crippen LogP contribution in [0.25, 0.3) is 0 Å². The Bertz CT molecular complexity index is 738. The van der Waals surface area contributed by atoms with E-state index in [-0.39, 0.29) is 37.4 Å². The number of amides is 1. The molecule has 0 saturated carbocycles. The van der Waals surface area contributed by atoms with E-state index in [2.05, 4.69) is 19.2 Å². The first-order valence-corrected chi connectivity index (χ1v) is 22.8. The molecule has 0 aromatic rings. The molecule has 8 heteroatoms. The van der Waals surface area contributed by atoms with Crippen LogP contribution in [0.15, 0.2) is 0 Å². The highest BCUT2D eigenvalue weighted by Gasteiger charge is 2.12. The molecule has 0 fully saturated rings. The average Bonchev–Trinajstić information content (AvgIpc) is 3.16. The molecule has 0 aliphatic rings. The van der Waals surface area contributed by atoms with Gasteiger partial charge in [0.15, 0.2) is 0 Å². The number of carbonyl (C=O) groups excluding carboxylic acids is 2. The Hall–Kier alpha value is -1.22. The minimum atomic E-state index is -0.387. The molecule has 0 bridgehead atoms. The zero-order valence-corrected chi connectivity index (χ0v) is 35.5. The van der Waals surface area contributed by atoms with Crippen molar-refractivity contribution in [1.82, 2.24) is 5.32 Å². The summed E-state index contributed by atoms with van der Waals surface area (Å²) in [6.45, 7) is 8.61. The maximum absolute atomic E-state index is 12.4. The second-order valence-electron chi connectivity index (χ2n) is 15.2. The number of carbonyl (C=O) groups is 2. The zero-order valence-electron chi connectivity index (χ0n) is 35.5. The van der Waals surface area contributed by atoms with Crippen molar-refractivity contribution in [1.29, 1.82) is 0 Å². The van der Waals surface area contributed by atoms with Crippen LogP contribution in [-0.4, -0.2) is 77.9 Å². The van der Waals surface area contributed by atoms with Crippen LogP contribution in [0, 0.1) is 0 Å². The summed E-state index contributed by atoms with van der Waals surface area (Å²) >= 11 is 0. The number of rotatable bonds is 45. The van der Waals surface area contributed by atoms with Gasteiger partial charge in [-0.15, -0.1) is 0 Å². The predicted octanol–water partition coefficient (Wildman–Crippen LogP) is 11.8. The quantitative estimate of drug-likeness (QED) is 0.0488. The lowest BCUT2D eigenvalue weighted by Gasteiger charge is -2.19. The summed E-state index contributed by atoms with van der Waals surface area (Å²) in [7, 11) is 1.61. The van der Waals surface area contributed by atoms with Crippen molar-refractivity contribution < 1.29 is 33.3 Å². The number of unbranched alkanes of at least 4 members (excludes halogenated alkanes) is 26. The van der Waals surface area contributed by atoms with Crippen LogP contribution in [-0.2, 0) is 33.3 Å². The molecular formula is C45H89NO7. The van der Waals surface area contributed by atoms with Crippen molar-refractivity contribution in [2.24, 2.45) is 0 Å². The van der Waals surface area contributed by atoms with E-state index in [0.29, 0.717) is 39.4 Å². The number of methoxy groups -OCH3 is 1. The highest BCUT2D eigenvalue weighted by molar-refractivity contribution is 5.81. The molecule has 0 heterocycles. The maximum atomic E-state index is 12.4. The van der Waals surface area contributed by atoms with Gasteiger partial charge in [-0.2, -0.15) is 0 Å². The van der Waals surface area contributed by atoms with Crippen LogP contribution in [0.3, 0.4) is 0 Å². The Morgan fingerprint density at radius 1 is 0.472 bits per heavy atom. The van der Waals surface area contributed by atoms with Gasteiger partial charge < -0.3 is 29.0 Å². The van der Waals surface area contributed by atoms with Gasteiger partial charge in [0.2, 0.25) is 5.91 Å². The van der Waals surface area contributed by atoms with Crippen LogP contribution >= 0.6 is 0 Å². The molecule has 0 aromatic carbocycles. The smallest absolute Gasteiger partial charge is 0.306 e. The van der Waals surface area contributed by atoms with Crippen LogP contribution in [0.5, 0.6) is 0 Å². The Morgan fingerprint density at radius 3 is 1.38 bits per heavy atom. The summed E-state index contributed by atoms with van der Waals surface area (Å²) < 4.78 is 27.7. The third kappa shape index (κ3) is 43.4. The van der Waals surface area contributed by atoms with E-state index in [1.165, 1.54) is 167 Å². The molecule has 1 amide bonds. The Morgan fingerprint density at radius 2 is 0.906 bits per heavy atom. The summed E-state index contributed by atoms with van der Waals surface area (Å²) in [5.74, 6) is -0.533. The maximum Gasteiger partial charge on any atom is 0.306 e. The standard InChI is InChI=1S/C45H89NO7/c1-4-6-8-10-12-14-16-18-20-22-24-26-28-30-36-51-42-43(34-35-46-44(47)32-33-45(48)53-41-40-50-39-38-49-3)52-37-31-29-27-25-23-21-19-17-15-13-11-9-7-5-2/h43H,4-42H2,1-3H3,(H,46,47). The van der Waals surface area contributed by atoms with E-state index in [4.69, 9.17) is 23.7 Å². The third-order valence-corrected chi connectivity index (χ3v) is 10.1. The molecule has 1 N–H and O–H groups in total. The van der Waals surface area contributed by atoms with E-state index in [1.807, 2.05) is 0 Å². The highest BCUT2D eigenvalue weighted by atomic mass is 16.6. The first kappa shape index (κ1) is 51.8. The zero-order chi connectivity index (χ0) is 38.6. The van der Waals surface area contributed by atoms with Gasteiger partial charge in [-0.3, -0.25) is 9.59 Å². The van der Waals surface area contributed by atoms with Gasteiger partial charge in [0, 0.05) is 33.3 Å².